The van der Waals surface area contributed by atoms with E-state index < -0.39 is 18.0 Å². The second-order valence-electron chi connectivity index (χ2n) is 11.1. The summed E-state index contributed by atoms with van der Waals surface area (Å²) in [6, 6.07) is 26.0. The van der Waals surface area contributed by atoms with E-state index in [4.69, 9.17) is 14.2 Å². The number of aliphatic hydroxyl groups excluding tert-OH is 1. The molecule has 3 aromatic rings. The maximum Gasteiger partial charge on any atom is 0.306 e. The standard InChI is InChI=1S/C36H42N2O7/c39-22-31(20-27-16-18-33(19-17-27)44-24-29-12-6-2-7-13-29)37-34(40)21-30-14-8-3-9-15-35(41)45-26-32(38-36(30)42)25-43-23-28-10-4-1-5-11-28/h1-8,10-13,16-19,30-32,39H,9,14-15,20-26H2,(H,37,40)(H,38,42)/t30-,31+,32+/m1/s1. The maximum absolute atomic E-state index is 13.3. The van der Waals surface area contributed by atoms with Gasteiger partial charge < -0.3 is 30.0 Å². The Bertz CT molecular complexity index is 1360. The molecular weight excluding hydrogens is 572 g/mol. The van der Waals surface area contributed by atoms with Gasteiger partial charge in [0.15, 0.2) is 0 Å². The van der Waals surface area contributed by atoms with Crippen molar-refractivity contribution in [1.82, 2.24) is 10.6 Å². The van der Waals surface area contributed by atoms with Gasteiger partial charge in [0.25, 0.3) is 0 Å². The summed E-state index contributed by atoms with van der Waals surface area (Å²) in [7, 11) is 0. The minimum Gasteiger partial charge on any atom is -0.489 e. The van der Waals surface area contributed by atoms with E-state index in [-0.39, 0.29) is 50.4 Å². The molecule has 2 amide bonds. The van der Waals surface area contributed by atoms with E-state index in [1.165, 1.54) is 0 Å². The van der Waals surface area contributed by atoms with E-state index in [0.717, 1.165) is 22.4 Å². The summed E-state index contributed by atoms with van der Waals surface area (Å²) in [6.45, 7) is 0.685. The van der Waals surface area contributed by atoms with Crippen molar-refractivity contribution >= 4 is 17.8 Å². The summed E-state index contributed by atoms with van der Waals surface area (Å²) in [5.41, 5.74) is 2.99. The molecule has 238 valence electrons. The van der Waals surface area contributed by atoms with Crippen LogP contribution in [0.15, 0.2) is 97.1 Å². The molecule has 1 aliphatic rings. The Morgan fingerprint density at radius 3 is 2.29 bits per heavy atom. The molecule has 3 N–H and O–H groups in total. The molecule has 0 unspecified atom stereocenters. The fourth-order valence-electron chi connectivity index (χ4n) is 4.89. The zero-order valence-electron chi connectivity index (χ0n) is 25.4. The summed E-state index contributed by atoms with van der Waals surface area (Å²) in [6.07, 6.45) is 5.05. The summed E-state index contributed by atoms with van der Waals surface area (Å²) in [5, 5.41) is 15.8. The number of amides is 2. The molecular formula is C36H42N2O7. The highest BCUT2D eigenvalue weighted by atomic mass is 16.5. The molecule has 0 saturated carbocycles. The van der Waals surface area contributed by atoms with Gasteiger partial charge in [-0.1, -0.05) is 84.9 Å². The van der Waals surface area contributed by atoms with Crippen molar-refractivity contribution in [2.45, 2.75) is 57.4 Å². The van der Waals surface area contributed by atoms with E-state index in [0.29, 0.717) is 32.5 Å². The number of esters is 1. The summed E-state index contributed by atoms with van der Waals surface area (Å²) in [4.78, 5) is 38.5. The highest BCUT2D eigenvalue weighted by Gasteiger charge is 2.26. The number of cyclic esters (lactones) is 1. The van der Waals surface area contributed by atoms with Gasteiger partial charge in [0, 0.05) is 12.8 Å². The predicted octanol–water partition coefficient (Wildman–Crippen LogP) is 4.28. The Balaban J connectivity index is 1.30. The lowest BCUT2D eigenvalue weighted by atomic mass is 9.98. The lowest BCUT2D eigenvalue weighted by Crippen LogP contribution is -2.46. The van der Waals surface area contributed by atoms with Gasteiger partial charge in [0.2, 0.25) is 11.8 Å². The second-order valence-corrected chi connectivity index (χ2v) is 11.1. The van der Waals surface area contributed by atoms with Gasteiger partial charge in [-0.25, -0.2) is 0 Å². The molecule has 4 rings (SSSR count). The van der Waals surface area contributed by atoms with Crippen LogP contribution in [0.4, 0.5) is 0 Å². The smallest absolute Gasteiger partial charge is 0.306 e. The lowest BCUT2D eigenvalue weighted by Gasteiger charge is -2.23. The summed E-state index contributed by atoms with van der Waals surface area (Å²) >= 11 is 0. The van der Waals surface area contributed by atoms with Crippen LogP contribution in [-0.4, -0.2) is 54.8 Å². The molecule has 3 aromatic carbocycles. The molecule has 9 heteroatoms. The SMILES string of the molecule is O=C(C[C@H]1CC=CCCC(=O)OC[C@H](COCc2ccccc2)NC1=O)N[C@H](CO)Cc1ccc(OCc2ccccc2)cc1. The zero-order valence-corrected chi connectivity index (χ0v) is 25.4. The normalized spacial score (nSPS) is 18.1. The molecule has 0 aliphatic carbocycles. The van der Waals surface area contributed by atoms with Crippen LogP contribution in [0.5, 0.6) is 5.75 Å². The topological polar surface area (TPSA) is 123 Å². The molecule has 0 saturated heterocycles. The van der Waals surface area contributed by atoms with Gasteiger partial charge in [-0.15, -0.1) is 0 Å². The molecule has 9 nitrogen and oxygen atoms in total. The number of allylic oxidation sites excluding steroid dienone is 2. The Morgan fingerprint density at radius 2 is 1.60 bits per heavy atom. The Morgan fingerprint density at radius 1 is 0.911 bits per heavy atom. The molecule has 1 aliphatic heterocycles. The molecule has 0 aromatic heterocycles. The van der Waals surface area contributed by atoms with Gasteiger partial charge in [-0.3, -0.25) is 14.4 Å². The molecule has 45 heavy (non-hydrogen) atoms. The van der Waals surface area contributed by atoms with Crippen LogP contribution in [0.3, 0.4) is 0 Å². The molecule has 0 spiro atoms. The van der Waals surface area contributed by atoms with E-state index >= 15 is 0 Å². The van der Waals surface area contributed by atoms with Crippen molar-refractivity contribution in [2.75, 3.05) is 19.8 Å². The van der Waals surface area contributed by atoms with E-state index in [9.17, 15) is 19.5 Å². The van der Waals surface area contributed by atoms with E-state index in [1.807, 2.05) is 97.1 Å². The minimum atomic E-state index is -0.645. The van der Waals surface area contributed by atoms with Crippen LogP contribution in [0.25, 0.3) is 0 Å². The number of rotatable bonds is 13. The number of carbonyl (C=O) groups is 3. The zero-order chi connectivity index (χ0) is 31.7. The number of carbonyl (C=O) groups excluding carboxylic acids is 3. The quantitative estimate of drug-likeness (QED) is 0.194. The van der Waals surface area contributed by atoms with Crippen molar-refractivity contribution in [1.29, 1.82) is 0 Å². The van der Waals surface area contributed by atoms with Crippen LogP contribution in [0.1, 0.15) is 42.4 Å². The van der Waals surface area contributed by atoms with Crippen LogP contribution in [0, 0.1) is 5.92 Å². The fourth-order valence-corrected chi connectivity index (χ4v) is 4.89. The number of nitrogens with one attached hydrogen (secondary N) is 2. The molecule has 1 heterocycles. The number of hydrogen-bond donors (Lipinski definition) is 3. The van der Waals surface area contributed by atoms with Crippen molar-refractivity contribution in [3.05, 3.63) is 114 Å². The first kappa shape index (κ1) is 33.4. The van der Waals surface area contributed by atoms with Crippen LogP contribution < -0.4 is 15.4 Å². The number of aliphatic hydroxyl groups is 1. The van der Waals surface area contributed by atoms with Crippen LogP contribution in [-0.2, 0) is 43.5 Å². The van der Waals surface area contributed by atoms with E-state index in [2.05, 4.69) is 10.6 Å². The van der Waals surface area contributed by atoms with Crippen molar-refractivity contribution < 1.29 is 33.7 Å². The highest BCUT2D eigenvalue weighted by Crippen LogP contribution is 2.17. The van der Waals surface area contributed by atoms with Crippen LogP contribution in [0.2, 0.25) is 0 Å². The monoisotopic (exact) mass is 614 g/mol. The number of hydrogen-bond acceptors (Lipinski definition) is 7. The molecule has 0 fully saturated rings. The fraction of sp³-hybridized carbons (Fsp3) is 0.361. The average Bonchev–Trinajstić information content (AvgIpc) is 3.06. The predicted molar refractivity (Wildman–Crippen MR) is 170 cm³/mol. The number of benzene rings is 3. The highest BCUT2D eigenvalue weighted by molar-refractivity contribution is 5.86. The van der Waals surface area contributed by atoms with Crippen molar-refractivity contribution in [3.8, 4) is 5.75 Å². The van der Waals surface area contributed by atoms with Gasteiger partial charge in [0.1, 0.15) is 19.0 Å². The molecule has 3 atom stereocenters. The van der Waals surface area contributed by atoms with Crippen molar-refractivity contribution in [3.63, 3.8) is 0 Å². The lowest BCUT2D eigenvalue weighted by molar-refractivity contribution is -0.145. The Kier molecular flexibility index (Phi) is 13.6. The largest absolute Gasteiger partial charge is 0.489 e. The average molecular weight is 615 g/mol. The molecule has 0 bridgehead atoms. The Labute approximate surface area is 264 Å². The first-order chi connectivity index (χ1) is 22.0. The minimum absolute atomic E-state index is 0.0231. The first-order valence-electron chi connectivity index (χ1n) is 15.4. The van der Waals surface area contributed by atoms with Gasteiger partial charge in [0.05, 0.1) is 37.8 Å². The van der Waals surface area contributed by atoms with Gasteiger partial charge >= 0.3 is 5.97 Å². The van der Waals surface area contributed by atoms with Gasteiger partial charge in [-0.2, -0.15) is 0 Å². The van der Waals surface area contributed by atoms with Gasteiger partial charge in [-0.05, 0) is 48.1 Å². The molecule has 0 radical (unpaired) electrons. The third-order valence-electron chi connectivity index (χ3n) is 7.37. The van der Waals surface area contributed by atoms with E-state index in [1.54, 1.807) is 0 Å². The van der Waals surface area contributed by atoms with Crippen LogP contribution >= 0.6 is 0 Å². The van der Waals surface area contributed by atoms with Crippen molar-refractivity contribution in [2.24, 2.45) is 5.92 Å². The first-order valence-corrected chi connectivity index (χ1v) is 15.4. The summed E-state index contributed by atoms with van der Waals surface area (Å²) in [5.74, 6) is -0.921. The Hall–Kier alpha value is -4.47. The third kappa shape index (κ3) is 12.2. The maximum atomic E-state index is 13.3. The summed E-state index contributed by atoms with van der Waals surface area (Å²) < 4.78 is 17.0. The second kappa shape index (κ2) is 18.4. The third-order valence-corrected chi connectivity index (χ3v) is 7.37. The number of ether oxygens (including phenoxy) is 3.